The lowest BCUT2D eigenvalue weighted by Crippen LogP contribution is -2.52. The molecule has 3 rings (SSSR count). The number of nitrogens with one attached hydrogen (secondary N) is 2. The number of amides is 2. The van der Waals surface area contributed by atoms with Crippen molar-refractivity contribution < 1.29 is 43.3 Å². The van der Waals surface area contributed by atoms with Crippen LogP contribution in [0.3, 0.4) is 0 Å². The van der Waals surface area contributed by atoms with Crippen LogP contribution in [-0.4, -0.2) is 64.9 Å². The molecule has 3 N–H and O–H groups in total. The van der Waals surface area contributed by atoms with Crippen molar-refractivity contribution in [3.63, 3.8) is 0 Å². The first kappa shape index (κ1) is 34.1. The molecule has 44 heavy (non-hydrogen) atoms. The van der Waals surface area contributed by atoms with Crippen molar-refractivity contribution in [1.29, 1.82) is 0 Å². The maximum absolute atomic E-state index is 13.2. The van der Waals surface area contributed by atoms with Crippen molar-refractivity contribution in [3.05, 3.63) is 59.7 Å². The Bertz CT molecular complexity index is 1330. The van der Waals surface area contributed by atoms with Crippen LogP contribution in [0.4, 0.5) is 4.79 Å². The summed E-state index contributed by atoms with van der Waals surface area (Å²) < 4.78 is 16.1. The predicted molar refractivity (Wildman–Crippen MR) is 162 cm³/mol. The zero-order valence-electron chi connectivity index (χ0n) is 26.1. The minimum Gasteiger partial charge on any atom is -0.480 e. The molecule has 1 aliphatic rings. The number of rotatable bonds is 12. The zero-order valence-corrected chi connectivity index (χ0v) is 26.1. The molecular formula is C33H42N2O9. The van der Waals surface area contributed by atoms with E-state index in [-0.39, 0.29) is 38.2 Å². The molecule has 0 unspecified atom stereocenters. The lowest BCUT2D eigenvalue weighted by molar-refractivity contribution is -0.156. The van der Waals surface area contributed by atoms with Crippen LogP contribution >= 0.6 is 0 Å². The third-order valence-electron chi connectivity index (χ3n) is 6.68. The smallest absolute Gasteiger partial charge is 0.407 e. The molecule has 2 aromatic rings. The van der Waals surface area contributed by atoms with Crippen molar-refractivity contribution >= 4 is 29.9 Å². The number of carboxylic acid groups (broad SMARTS) is 1. The summed E-state index contributed by atoms with van der Waals surface area (Å²) in [5, 5.41) is 14.5. The van der Waals surface area contributed by atoms with Gasteiger partial charge in [0.2, 0.25) is 5.91 Å². The summed E-state index contributed by atoms with van der Waals surface area (Å²) in [5.74, 6) is -3.64. The summed E-state index contributed by atoms with van der Waals surface area (Å²) in [6, 6.07) is 12.9. The lowest BCUT2D eigenvalue weighted by Gasteiger charge is -2.23. The van der Waals surface area contributed by atoms with Crippen molar-refractivity contribution in [2.24, 2.45) is 0 Å². The van der Waals surface area contributed by atoms with E-state index in [1.807, 2.05) is 48.5 Å². The summed E-state index contributed by atoms with van der Waals surface area (Å²) in [5.41, 5.74) is 2.62. The Hall–Kier alpha value is -4.41. The highest BCUT2D eigenvalue weighted by Gasteiger charge is 2.32. The van der Waals surface area contributed by atoms with Gasteiger partial charge >= 0.3 is 24.0 Å². The van der Waals surface area contributed by atoms with E-state index in [1.54, 1.807) is 41.5 Å². The van der Waals surface area contributed by atoms with E-state index in [9.17, 15) is 29.1 Å². The van der Waals surface area contributed by atoms with Crippen molar-refractivity contribution in [3.8, 4) is 11.1 Å². The second-order valence-electron chi connectivity index (χ2n) is 12.7. The highest BCUT2D eigenvalue weighted by Crippen LogP contribution is 2.44. The number of benzene rings is 2. The van der Waals surface area contributed by atoms with Gasteiger partial charge in [-0.15, -0.1) is 0 Å². The Balaban J connectivity index is 1.69. The van der Waals surface area contributed by atoms with Crippen molar-refractivity contribution in [1.82, 2.24) is 10.6 Å². The van der Waals surface area contributed by atoms with E-state index in [2.05, 4.69) is 10.6 Å². The molecule has 0 radical (unpaired) electrons. The molecule has 0 bridgehead atoms. The molecule has 2 atom stereocenters. The average molecular weight is 611 g/mol. The highest BCUT2D eigenvalue weighted by molar-refractivity contribution is 5.90. The Morgan fingerprint density at radius 1 is 0.727 bits per heavy atom. The van der Waals surface area contributed by atoms with Gasteiger partial charge in [-0.25, -0.2) is 9.59 Å². The first-order valence-corrected chi connectivity index (χ1v) is 14.6. The predicted octanol–water partition coefficient (Wildman–Crippen LogP) is 4.71. The Labute approximate surface area is 257 Å². The third-order valence-corrected chi connectivity index (χ3v) is 6.68. The van der Waals surface area contributed by atoms with Gasteiger partial charge in [-0.3, -0.25) is 14.4 Å². The lowest BCUT2D eigenvalue weighted by atomic mass is 9.98. The van der Waals surface area contributed by atoms with Gasteiger partial charge in [0.15, 0.2) is 0 Å². The van der Waals surface area contributed by atoms with Crippen LogP contribution in [0.1, 0.15) is 84.3 Å². The topological polar surface area (TPSA) is 157 Å². The molecule has 11 heteroatoms. The number of hydrogen-bond donors (Lipinski definition) is 3. The van der Waals surface area contributed by atoms with Gasteiger partial charge in [-0.1, -0.05) is 48.5 Å². The molecule has 0 fully saturated rings. The molecule has 1 aliphatic carbocycles. The van der Waals surface area contributed by atoms with Crippen LogP contribution in [0, 0.1) is 0 Å². The zero-order chi connectivity index (χ0) is 32.7. The Morgan fingerprint density at radius 2 is 1.18 bits per heavy atom. The number of esters is 2. The number of hydrogen-bond acceptors (Lipinski definition) is 8. The van der Waals surface area contributed by atoms with Crippen LogP contribution in [0.15, 0.2) is 48.5 Å². The Morgan fingerprint density at radius 3 is 1.64 bits per heavy atom. The fourth-order valence-corrected chi connectivity index (χ4v) is 4.89. The molecule has 0 aliphatic heterocycles. The molecule has 0 saturated carbocycles. The highest BCUT2D eigenvalue weighted by atomic mass is 16.6. The van der Waals surface area contributed by atoms with Gasteiger partial charge < -0.3 is 30.0 Å². The summed E-state index contributed by atoms with van der Waals surface area (Å²) in [6.07, 6.45) is -1.80. The SMILES string of the molecule is CC(C)(C)OC(=O)CC[C@H](NC(=O)[C@H](CCC(=O)OC(C)(C)C)NC(=O)OCC1c2ccccc2-c2ccccc21)C(=O)O. The van der Waals surface area contributed by atoms with E-state index in [0.717, 1.165) is 22.3 Å². The second-order valence-corrected chi connectivity index (χ2v) is 12.7. The fraction of sp³-hybridized carbons (Fsp3) is 0.485. The number of carboxylic acids is 1. The van der Waals surface area contributed by atoms with Gasteiger partial charge in [0, 0.05) is 18.8 Å². The van der Waals surface area contributed by atoms with Crippen LogP contribution in [0.5, 0.6) is 0 Å². The second kappa shape index (κ2) is 14.4. The third kappa shape index (κ3) is 10.1. The van der Waals surface area contributed by atoms with Crippen molar-refractivity contribution in [2.45, 2.75) is 96.4 Å². The van der Waals surface area contributed by atoms with Crippen LogP contribution in [-0.2, 0) is 33.4 Å². The molecule has 2 aromatic carbocycles. The first-order valence-electron chi connectivity index (χ1n) is 14.6. The number of ether oxygens (including phenoxy) is 3. The maximum atomic E-state index is 13.2. The molecule has 0 aromatic heterocycles. The van der Waals surface area contributed by atoms with Gasteiger partial charge in [0.1, 0.15) is 29.9 Å². The first-order chi connectivity index (χ1) is 20.5. The Kier molecular flexibility index (Phi) is 11.1. The summed E-state index contributed by atoms with van der Waals surface area (Å²) in [7, 11) is 0. The standard InChI is InChI=1S/C33H42N2O9/c1-32(2,3)43-27(36)17-15-25(29(38)34-26(30(39)40)16-18-28(37)44-33(4,5)6)35-31(41)42-19-24-22-13-9-7-11-20(22)21-12-8-10-14-23(21)24/h7-14,24-26H,15-19H2,1-6H3,(H,34,38)(H,35,41)(H,39,40)/t25-,26-/m0/s1. The van der Waals surface area contributed by atoms with E-state index >= 15 is 0 Å². The number of carbonyl (C=O) groups excluding carboxylic acids is 4. The van der Waals surface area contributed by atoms with Crippen LogP contribution in [0.2, 0.25) is 0 Å². The van der Waals surface area contributed by atoms with Crippen LogP contribution < -0.4 is 10.6 Å². The van der Waals surface area contributed by atoms with E-state index in [1.165, 1.54) is 0 Å². The van der Waals surface area contributed by atoms with Gasteiger partial charge in [0.05, 0.1) is 0 Å². The number of carbonyl (C=O) groups is 5. The summed E-state index contributed by atoms with van der Waals surface area (Å²) in [4.78, 5) is 62.6. The monoisotopic (exact) mass is 610 g/mol. The molecule has 0 saturated heterocycles. The average Bonchev–Trinajstić information content (AvgIpc) is 3.23. The molecular weight excluding hydrogens is 568 g/mol. The van der Waals surface area contributed by atoms with E-state index in [4.69, 9.17) is 14.2 Å². The molecule has 0 spiro atoms. The normalized spacial score (nSPS) is 14.0. The van der Waals surface area contributed by atoms with Gasteiger partial charge in [0.25, 0.3) is 0 Å². The van der Waals surface area contributed by atoms with Gasteiger partial charge in [-0.2, -0.15) is 0 Å². The van der Waals surface area contributed by atoms with Gasteiger partial charge in [-0.05, 0) is 76.6 Å². The number of fused-ring (bicyclic) bond motifs is 3. The summed E-state index contributed by atoms with van der Waals surface area (Å²) >= 11 is 0. The molecule has 238 valence electrons. The van der Waals surface area contributed by atoms with Crippen LogP contribution in [0.25, 0.3) is 11.1 Å². The number of aliphatic carboxylic acids is 1. The molecule has 0 heterocycles. The quantitative estimate of drug-likeness (QED) is 0.229. The number of alkyl carbamates (subject to hydrolysis) is 1. The summed E-state index contributed by atoms with van der Waals surface area (Å²) in [6.45, 7) is 10.2. The van der Waals surface area contributed by atoms with Crippen molar-refractivity contribution in [2.75, 3.05) is 6.61 Å². The van der Waals surface area contributed by atoms with E-state index in [0.29, 0.717) is 0 Å². The fourth-order valence-electron chi connectivity index (χ4n) is 4.89. The molecule has 2 amide bonds. The minimum atomic E-state index is -1.44. The molecule has 11 nitrogen and oxygen atoms in total. The minimum absolute atomic E-state index is 0.00605. The maximum Gasteiger partial charge on any atom is 0.407 e. The van der Waals surface area contributed by atoms with E-state index < -0.39 is 53.2 Å². The largest absolute Gasteiger partial charge is 0.480 e.